The fourth-order valence-corrected chi connectivity index (χ4v) is 3.26. The van der Waals surface area contributed by atoms with Gasteiger partial charge < -0.3 is 5.32 Å². The highest BCUT2D eigenvalue weighted by Crippen LogP contribution is 2.21. The summed E-state index contributed by atoms with van der Waals surface area (Å²) in [4.78, 5) is 1.49. The number of hydrogen-bond acceptors (Lipinski definition) is 2. The predicted molar refractivity (Wildman–Crippen MR) is 72.7 cm³/mol. The van der Waals surface area contributed by atoms with Crippen molar-refractivity contribution in [2.24, 2.45) is 0 Å². The minimum Gasteiger partial charge on any atom is -0.314 e. The van der Waals surface area contributed by atoms with Crippen molar-refractivity contribution in [3.8, 4) is 0 Å². The highest BCUT2D eigenvalue weighted by Gasteiger charge is 2.07. The molecule has 0 aliphatic rings. The van der Waals surface area contributed by atoms with Crippen LogP contribution in [0.4, 0.5) is 0 Å². The van der Waals surface area contributed by atoms with E-state index < -0.39 is 0 Å². The molecule has 0 aliphatic heterocycles. The first kappa shape index (κ1) is 13.2. The summed E-state index contributed by atoms with van der Waals surface area (Å²) < 4.78 is 1.22. The quantitative estimate of drug-likeness (QED) is 0.792. The normalized spacial score (nSPS) is 13.0. The van der Waals surface area contributed by atoms with Gasteiger partial charge >= 0.3 is 0 Å². The molecular weight excluding hydrogens is 270 g/mol. The lowest BCUT2D eigenvalue weighted by Gasteiger charge is -2.16. The first-order valence-electron chi connectivity index (χ1n) is 5.72. The lowest BCUT2D eigenvalue weighted by atomic mass is 10.1. The Balaban J connectivity index is 2.32. The Morgan fingerprint density at radius 2 is 2.20 bits per heavy atom. The molecule has 0 fully saturated rings. The van der Waals surface area contributed by atoms with Gasteiger partial charge in [-0.05, 0) is 47.8 Å². The van der Waals surface area contributed by atoms with Crippen LogP contribution in [0.25, 0.3) is 0 Å². The highest BCUT2D eigenvalue weighted by atomic mass is 79.9. The Morgan fingerprint density at radius 1 is 1.40 bits per heavy atom. The molecule has 0 saturated heterocycles. The summed E-state index contributed by atoms with van der Waals surface area (Å²) in [5.74, 6) is 0. The molecule has 0 bridgehead atoms. The molecule has 1 atom stereocenters. The van der Waals surface area contributed by atoms with Crippen molar-refractivity contribution >= 4 is 27.3 Å². The minimum atomic E-state index is 0.695. The van der Waals surface area contributed by atoms with Crippen molar-refractivity contribution in [1.29, 1.82) is 0 Å². The zero-order chi connectivity index (χ0) is 11.1. The van der Waals surface area contributed by atoms with Crippen LogP contribution >= 0.6 is 27.3 Å². The lowest BCUT2D eigenvalue weighted by molar-refractivity contribution is 0.461. The van der Waals surface area contributed by atoms with E-state index in [1.807, 2.05) is 11.3 Å². The van der Waals surface area contributed by atoms with E-state index >= 15 is 0 Å². The third kappa shape index (κ3) is 5.14. The first-order valence-corrected chi connectivity index (χ1v) is 7.39. The van der Waals surface area contributed by atoms with Gasteiger partial charge in [0.15, 0.2) is 0 Å². The van der Waals surface area contributed by atoms with Crippen LogP contribution in [0.2, 0.25) is 0 Å². The zero-order valence-corrected chi connectivity index (χ0v) is 12.0. The number of halogens is 1. The van der Waals surface area contributed by atoms with E-state index in [4.69, 9.17) is 0 Å². The van der Waals surface area contributed by atoms with Gasteiger partial charge in [0.1, 0.15) is 0 Å². The monoisotopic (exact) mass is 289 g/mol. The number of rotatable bonds is 7. The van der Waals surface area contributed by atoms with Crippen LogP contribution in [0.3, 0.4) is 0 Å². The van der Waals surface area contributed by atoms with E-state index in [1.54, 1.807) is 0 Å². The van der Waals surface area contributed by atoms with Gasteiger partial charge in [0.25, 0.3) is 0 Å². The maximum atomic E-state index is 3.55. The van der Waals surface area contributed by atoms with E-state index in [9.17, 15) is 0 Å². The smallest absolute Gasteiger partial charge is 0.0285 e. The van der Waals surface area contributed by atoms with Crippen LogP contribution in [-0.2, 0) is 6.42 Å². The maximum absolute atomic E-state index is 3.55. The average molecular weight is 290 g/mol. The molecule has 0 aliphatic carbocycles. The van der Waals surface area contributed by atoms with Crippen LogP contribution < -0.4 is 5.32 Å². The molecule has 1 N–H and O–H groups in total. The van der Waals surface area contributed by atoms with Gasteiger partial charge in [0.2, 0.25) is 0 Å². The third-order valence-corrected chi connectivity index (χ3v) is 4.25. The number of hydrogen-bond donors (Lipinski definition) is 1. The summed E-state index contributed by atoms with van der Waals surface area (Å²) in [7, 11) is 0. The van der Waals surface area contributed by atoms with Crippen molar-refractivity contribution in [2.45, 2.75) is 45.6 Å². The summed E-state index contributed by atoms with van der Waals surface area (Å²) in [6, 6.07) is 2.93. The second kappa shape index (κ2) is 7.42. The van der Waals surface area contributed by atoms with E-state index in [0.717, 1.165) is 6.54 Å². The zero-order valence-electron chi connectivity index (χ0n) is 9.55. The minimum absolute atomic E-state index is 0.695. The van der Waals surface area contributed by atoms with Crippen LogP contribution in [0.1, 0.15) is 38.0 Å². The topological polar surface area (TPSA) is 12.0 Å². The van der Waals surface area contributed by atoms with E-state index in [-0.39, 0.29) is 0 Å². The molecule has 0 radical (unpaired) electrons. The summed E-state index contributed by atoms with van der Waals surface area (Å²) in [6.45, 7) is 5.52. The van der Waals surface area contributed by atoms with Crippen molar-refractivity contribution in [3.05, 3.63) is 20.8 Å². The Kier molecular flexibility index (Phi) is 6.53. The largest absolute Gasteiger partial charge is 0.314 e. The Labute approximate surface area is 105 Å². The van der Waals surface area contributed by atoms with Crippen molar-refractivity contribution < 1.29 is 0 Å². The van der Waals surface area contributed by atoms with E-state index in [0.29, 0.717) is 6.04 Å². The van der Waals surface area contributed by atoms with Crippen LogP contribution in [0, 0.1) is 0 Å². The highest BCUT2D eigenvalue weighted by molar-refractivity contribution is 9.10. The van der Waals surface area contributed by atoms with Gasteiger partial charge in [-0.3, -0.25) is 0 Å². The number of aryl methyl sites for hydroxylation is 1. The second-order valence-corrected chi connectivity index (χ2v) is 5.72. The average Bonchev–Trinajstić information content (AvgIpc) is 2.61. The standard InChI is InChI=1S/C12H20BrNS/c1-3-5-11(14-4-2)6-7-12-8-10(13)9-15-12/h8-9,11,14H,3-7H2,1-2H3. The van der Waals surface area contributed by atoms with Gasteiger partial charge in [-0.2, -0.15) is 0 Å². The Bertz CT molecular complexity index is 266. The molecule has 1 aromatic rings. The number of thiophene rings is 1. The fourth-order valence-electron chi connectivity index (χ4n) is 1.79. The molecule has 1 rings (SSSR count). The van der Waals surface area contributed by atoms with Crippen molar-refractivity contribution in [1.82, 2.24) is 5.32 Å². The molecule has 86 valence electrons. The Hall–Kier alpha value is 0.140. The van der Waals surface area contributed by atoms with Gasteiger partial charge in [0, 0.05) is 20.8 Å². The predicted octanol–water partition coefficient (Wildman–Crippen LogP) is 4.22. The molecule has 1 heterocycles. The summed E-state index contributed by atoms with van der Waals surface area (Å²) in [5, 5.41) is 5.72. The molecule has 15 heavy (non-hydrogen) atoms. The summed E-state index contributed by atoms with van der Waals surface area (Å²) in [5.41, 5.74) is 0. The Morgan fingerprint density at radius 3 is 2.73 bits per heavy atom. The third-order valence-electron chi connectivity index (χ3n) is 2.49. The molecule has 3 heteroatoms. The number of nitrogens with one attached hydrogen (secondary N) is 1. The van der Waals surface area contributed by atoms with Gasteiger partial charge in [-0.15, -0.1) is 11.3 Å². The van der Waals surface area contributed by atoms with E-state index in [1.165, 1.54) is 35.0 Å². The molecule has 0 aromatic carbocycles. The second-order valence-electron chi connectivity index (χ2n) is 3.81. The fraction of sp³-hybridized carbons (Fsp3) is 0.667. The maximum Gasteiger partial charge on any atom is 0.0285 e. The van der Waals surface area contributed by atoms with Crippen LogP contribution in [-0.4, -0.2) is 12.6 Å². The molecular formula is C12H20BrNS. The molecule has 0 amide bonds. The van der Waals surface area contributed by atoms with Crippen LogP contribution in [0.15, 0.2) is 15.9 Å². The van der Waals surface area contributed by atoms with Gasteiger partial charge in [0.05, 0.1) is 0 Å². The lowest BCUT2D eigenvalue weighted by Crippen LogP contribution is -2.29. The molecule has 1 unspecified atom stereocenters. The van der Waals surface area contributed by atoms with Gasteiger partial charge in [-0.1, -0.05) is 20.3 Å². The first-order chi connectivity index (χ1) is 7.26. The van der Waals surface area contributed by atoms with Crippen molar-refractivity contribution in [2.75, 3.05) is 6.54 Å². The summed E-state index contributed by atoms with van der Waals surface area (Å²) >= 11 is 5.35. The van der Waals surface area contributed by atoms with Crippen molar-refractivity contribution in [3.63, 3.8) is 0 Å². The summed E-state index contributed by atoms with van der Waals surface area (Å²) in [6.07, 6.45) is 5.02. The molecule has 1 nitrogen and oxygen atoms in total. The molecule has 0 spiro atoms. The molecule has 1 aromatic heterocycles. The molecule has 0 saturated carbocycles. The van der Waals surface area contributed by atoms with Gasteiger partial charge in [-0.25, -0.2) is 0 Å². The van der Waals surface area contributed by atoms with E-state index in [2.05, 4.69) is 46.5 Å². The SMILES string of the molecule is CCCC(CCc1cc(Br)cs1)NCC. The van der Waals surface area contributed by atoms with Crippen LogP contribution in [0.5, 0.6) is 0 Å².